The minimum absolute atomic E-state index is 0.0912. The molecule has 0 bridgehead atoms. The Labute approximate surface area is 138 Å². The van der Waals surface area contributed by atoms with Crippen molar-refractivity contribution < 1.29 is 18.7 Å². The number of methoxy groups -OCH3 is 2. The molecule has 2 aromatic carbocycles. The first-order valence-corrected chi connectivity index (χ1v) is 6.98. The van der Waals surface area contributed by atoms with Crippen molar-refractivity contribution in [3.05, 3.63) is 59.4 Å². The normalized spacial score (nSPS) is 10.7. The molecule has 0 heterocycles. The van der Waals surface area contributed by atoms with E-state index in [-0.39, 0.29) is 5.57 Å². The zero-order valence-corrected chi connectivity index (χ0v) is 13.2. The lowest BCUT2D eigenvalue weighted by molar-refractivity contribution is -0.112. The van der Waals surface area contributed by atoms with Crippen molar-refractivity contribution in [1.82, 2.24) is 0 Å². The maximum atomic E-state index is 12.9. The van der Waals surface area contributed by atoms with E-state index in [4.69, 9.17) is 9.47 Å². The number of hydrogen-bond acceptors (Lipinski definition) is 4. The molecule has 0 saturated heterocycles. The molecule has 2 aromatic rings. The summed E-state index contributed by atoms with van der Waals surface area (Å²) in [5, 5.41) is 11.8. The lowest BCUT2D eigenvalue weighted by Crippen LogP contribution is -2.13. The number of carbonyl (C=O) groups is 1. The van der Waals surface area contributed by atoms with E-state index in [1.54, 1.807) is 18.2 Å². The van der Waals surface area contributed by atoms with Crippen LogP contribution in [0.5, 0.6) is 11.5 Å². The molecule has 6 heteroatoms. The van der Waals surface area contributed by atoms with Gasteiger partial charge in [-0.2, -0.15) is 5.26 Å². The smallest absolute Gasteiger partial charge is 0.266 e. The van der Waals surface area contributed by atoms with Crippen molar-refractivity contribution in [3.63, 3.8) is 0 Å². The average molecular weight is 326 g/mol. The largest absolute Gasteiger partial charge is 0.493 e. The molecule has 0 aliphatic carbocycles. The molecule has 0 aliphatic heterocycles. The Bertz CT molecular complexity index is 808. The summed E-state index contributed by atoms with van der Waals surface area (Å²) in [6.07, 6.45) is 1.43. The molecule has 1 amide bonds. The highest BCUT2D eigenvalue weighted by Gasteiger charge is 2.11. The van der Waals surface area contributed by atoms with Gasteiger partial charge in [-0.3, -0.25) is 4.79 Å². The SMILES string of the molecule is COc1ccc(/C=C(/C#N)C(=O)Nc2ccc(F)cc2)cc1OC. The van der Waals surface area contributed by atoms with Crippen molar-refractivity contribution in [3.8, 4) is 17.6 Å². The van der Waals surface area contributed by atoms with Crippen LogP contribution in [-0.4, -0.2) is 20.1 Å². The van der Waals surface area contributed by atoms with E-state index in [0.29, 0.717) is 22.7 Å². The van der Waals surface area contributed by atoms with Crippen LogP contribution in [0.1, 0.15) is 5.56 Å². The number of amides is 1. The summed E-state index contributed by atoms with van der Waals surface area (Å²) >= 11 is 0. The molecule has 0 aromatic heterocycles. The second-order valence-electron chi connectivity index (χ2n) is 4.75. The van der Waals surface area contributed by atoms with Crippen LogP contribution < -0.4 is 14.8 Å². The predicted octanol–water partition coefficient (Wildman–Crippen LogP) is 3.39. The summed E-state index contributed by atoms with van der Waals surface area (Å²) in [5.41, 5.74) is 0.917. The van der Waals surface area contributed by atoms with Crippen LogP contribution in [0, 0.1) is 17.1 Å². The zero-order valence-electron chi connectivity index (χ0n) is 13.2. The monoisotopic (exact) mass is 326 g/mol. The Balaban J connectivity index is 2.23. The summed E-state index contributed by atoms with van der Waals surface area (Å²) < 4.78 is 23.2. The predicted molar refractivity (Wildman–Crippen MR) is 88.2 cm³/mol. The fraction of sp³-hybridized carbons (Fsp3) is 0.111. The first-order valence-electron chi connectivity index (χ1n) is 6.98. The average Bonchev–Trinajstić information content (AvgIpc) is 2.61. The third-order valence-corrected chi connectivity index (χ3v) is 3.19. The van der Waals surface area contributed by atoms with Crippen molar-refractivity contribution in [2.45, 2.75) is 0 Å². The first kappa shape index (κ1) is 17.0. The Hall–Kier alpha value is -3.33. The molecule has 0 radical (unpaired) electrons. The number of nitrogens with zero attached hydrogens (tertiary/aromatic N) is 1. The highest BCUT2D eigenvalue weighted by molar-refractivity contribution is 6.09. The summed E-state index contributed by atoms with van der Waals surface area (Å²) in [6, 6.07) is 12.2. The number of hydrogen-bond donors (Lipinski definition) is 1. The van der Waals surface area contributed by atoms with Gasteiger partial charge in [0.05, 0.1) is 14.2 Å². The van der Waals surface area contributed by atoms with Gasteiger partial charge in [-0.05, 0) is 48.0 Å². The molecular formula is C18H15FN2O3. The van der Waals surface area contributed by atoms with E-state index in [0.717, 1.165) is 0 Å². The van der Waals surface area contributed by atoms with E-state index in [9.17, 15) is 14.4 Å². The van der Waals surface area contributed by atoms with Crippen molar-refractivity contribution >= 4 is 17.7 Å². The van der Waals surface area contributed by atoms with E-state index in [1.165, 1.54) is 44.6 Å². The van der Waals surface area contributed by atoms with Gasteiger partial charge in [-0.1, -0.05) is 6.07 Å². The first-order chi connectivity index (χ1) is 11.6. The number of nitrogens with one attached hydrogen (secondary N) is 1. The summed E-state index contributed by atoms with van der Waals surface area (Å²) in [4.78, 5) is 12.2. The van der Waals surface area contributed by atoms with Crippen LogP contribution in [0.25, 0.3) is 6.08 Å². The minimum Gasteiger partial charge on any atom is -0.493 e. The summed E-state index contributed by atoms with van der Waals surface area (Å²) in [6.45, 7) is 0. The lowest BCUT2D eigenvalue weighted by atomic mass is 10.1. The standard InChI is InChI=1S/C18H15FN2O3/c1-23-16-8-3-12(10-17(16)24-2)9-13(11-20)18(22)21-15-6-4-14(19)5-7-15/h3-10H,1-2H3,(H,21,22)/b13-9-. The number of anilines is 1. The van der Waals surface area contributed by atoms with Gasteiger partial charge in [0, 0.05) is 5.69 Å². The third-order valence-electron chi connectivity index (χ3n) is 3.19. The third kappa shape index (κ3) is 4.11. The van der Waals surface area contributed by atoms with Gasteiger partial charge in [0.15, 0.2) is 11.5 Å². The van der Waals surface area contributed by atoms with Crippen LogP contribution in [-0.2, 0) is 4.79 Å². The van der Waals surface area contributed by atoms with E-state index >= 15 is 0 Å². The van der Waals surface area contributed by atoms with Gasteiger partial charge in [-0.15, -0.1) is 0 Å². The highest BCUT2D eigenvalue weighted by atomic mass is 19.1. The zero-order chi connectivity index (χ0) is 17.5. The molecule has 1 N–H and O–H groups in total. The lowest BCUT2D eigenvalue weighted by Gasteiger charge is -2.08. The van der Waals surface area contributed by atoms with Crippen LogP contribution in [0.2, 0.25) is 0 Å². The van der Waals surface area contributed by atoms with Gasteiger partial charge in [0.25, 0.3) is 5.91 Å². The maximum Gasteiger partial charge on any atom is 0.266 e. The molecule has 24 heavy (non-hydrogen) atoms. The summed E-state index contributed by atoms with van der Waals surface area (Å²) in [7, 11) is 3.02. The summed E-state index contributed by atoms with van der Waals surface area (Å²) in [5.74, 6) is 0.0414. The number of nitriles is 1. The van der Waals surface area contributed by atoms with Gasteiger partial charge in [0.1, 0.15) is 17.5 Å². The molecule has 2 rings (SSSR count). The number of carbonyl (C=O) groups excluding carboxylic acids is 1. The van der Waals surface area contributed by atoms with E-state index < -0.39 is 11.7 Å². The number of benzene rings is 2. The van der Waals surface area contributed by atoms with Crippen molar-refractivity contribution in [2.75, 3.05) is 19.5 Å². The van der Waals surface area contributed by atoms with E-state index in [2.05, 4.69) is 5.32 Å². The van der Waals surface area contributed by atoms with Crippen LogP contribution in [0.15, 0.2) is 48.0 Å². The number of ether oxygens (including phenoxy) is 2. The molecule has 0 aliphatic rings. The molecule has 0 spiro atoms. The molecule has 0 unspecified atom stereocenters. The second kappa shape index (κ2) is 7.79. The molecule has 0 atom stereocenters. The van der Waals surface area contributed by atoms with Crippen molar-refractivity contribution in [2.24, 2.45) is 0 Å². The Morgan fingerprint density at radius 1 is 1.12 bits per heavy atom. The molecular weight excluding hydrogens is 311 g/mol. The van der Waals surface area contributed by atoms with Gasteiger partial charge in [-0.25, -0.2) is 4.39 Å². The van der Waals surface area contributed by atoms with Crippen molar-refractivity contribution in [1.29, 1.82) is 5.26 Å². The van der Waals surface area contributed by atoms with Gasteiger partial charge >= 0.3 is 0 Å². The quantitative estimate of drug-likeness (QED) is 0.675. The van der Waals surface area contributed by atoms with Gasteiger partial charge in [0.2, 0.25) is 0 Å². The maximum absolute atomic E-state index is 12.9. The minimum atomic E-state index is -0.584. The number of rotatable bonds is 5. The fourth-order valence-corrected chi connectivity index (χ4v) is 1.99. The molecule has 0 saturated carbocycles. The Kier molecular flexibility index (Phi) is 5.53. The van der Waals surface area contributed by atoms with Gasteiger partial charge < -0.3 is 14.8 Å². The highest BCUT2D eigenvalue weighted by Crippen LogP contribution is 2.28. The topological polar surface area (TPSA) is 71.3 Å². The van der Waals surface area contributed by atoms with Crippen LogP contribution in [0.4, 0.5) is 10.1 Å². The van der Waals surface area contributed by atoms with Crippen LogP contribution >= 0.6 is 0 Å². The van der Waals surface area contributed by atoms with E-state index in [1.807, 2.05) is 6.07 Å². The Morgan fingerprint density at radius 3 is 2.38 bits per heavy atom. The second-order valence-corrected chi connectivity index (χ2v) is 4.75. The Morgan fingerprint density at radius 2 is 1.79 bits per heavy atom. The molecule has 122 valence electrons. The molecule has 5 nitrogen and oxygen atoms in total. The fourth-order valence-electron chi connectivity index (χ4n) is 1.99. The number of halogens is 1. The molecule has 0 fully saturated rings. The van der Waals surface area contributed by atoms with Crippen LogP contribution in [0.3, 0.4) is 0 Å².